The van der Waals surface area contributed by atoms with Crippen LogP contribution in [0.15, 0.2) is 30.5 Å². The van der Waals surface area contributed by atoms with Gasteiger partial charge in [0.05, 0.1) is 16.8 Å². The molecule has 1 aliphatic rings. The number of aromatic nitrogens is 3. The Bertz CT molecular complexity index is 1110. The molecule has 2 amide bonds. The number of H-pyrrole nitrogens is 1. The molecule has 0 radical (unpaired) electrons. The Labute approximate surface area is 187 Å². The molecule has 1 N–H and O–H groups in total. The van der Waals surface area contributed by atoms with Crippen LogP contribution < -0.4 is 0 Å². The van der Waals surface area contributed by atoms with Crippen molar-refractivity contribution in [3.63, 3.8) is 0 Å². The Hall–Kier alpha value is -2.80. The first kappa shape index (κ1) is 21.4. The standard InChI is InChI=1S/C23H28ClN5O2/c1-4-29-21(24)20(15(2)26-29)23(31)28-11-9-16(10-12-28)14-27(3)22(30)18-13-25-19-8-6-5-7-17(18)19/h5-8,13,16,25H,4,9-12,14H2,1-3H3. The van der Waals surface area contributed by atoms with Gasteiger partial charge in [-0.25, -0.2) is 0 Å². The van der Waals surface area contributed by atoms with Crippen LogP contribution in [0.1, 0.15) is 46.2 Å². The van der Waals surface area contributed by atoms with E-state index >= 15 is 0 Å². The maximum atomic E-state index is 13.0. The Kier molecular flexibility index (Phi) is 6.05. The molecule has 1 saturated heterocycles. The minimum atomic E-state index is -0.0520. The summed E-state index contributed by atoms with van der Waals surface area (Å²) < 4.78 is 1.65. The molecule has 1 aliphatic heterocycles. The summed E-state index contributed by atoms with van der Waals surface area (Å²) >= 11 is 6.37. The van der Waals surface area contributed by atoms with Crippen molar-refractivity contribution in [2.45, 2.75) is 33.2 Å². The van der Waals surface area contributed by atoms with Gasteiger partial charge < -0.3 is 14.8 Å². The number of carbonyl (C=O) groups excluding carboxylic acids is 2. The number of nitrogens with zero attached hydrogens (tertiary/aromatic N) is 4. The summed E-state index contributed by atoms with van der Waals surface area (Å²) in [7, 11) is 1.85. The van der Waals surface area contributed by atoms with E-state index < -0.39 is 0 Å². The minimum Gasteiger partial charge on any atom is -0.360 e. The number of amides is 2. The molecule has 3 aromatic rings. The number of halogens is 1. The van der Waals surface area contributed by atoms with Crippen molar-refractivity contribution < 1.29 is 9.59 Å². The molecule has 7 nitrogen and oxygen atoms in total. The molecule has 0 unspecified atom stereocenters. The van der Waals surface area contributed by atoms with Crippen LogP contribution in [0, 0.1) is 12.8 Å². The largest absolute Gasteiger partial charge is 0.360 e. The molecule has 164 valence electrons. The first-order valence-corrected chi connectivity index (χ1v) is 11.1. The molecular formula is C23H28ClN5O2. The highest BCUT2D eigenvalue weighted by Gasteiger charge is 2.29. The lowest BCUT2D eigenvalue weighted by molar-refractivity contribution is 0.0634. The second kappa shape index (κ2) is 8.75. The molecule has 0 spiro atoms. The van der Waals surface area contributed by atoms with Gasteiger partial charge in [0.25, 0.3) is 11.8 Å². The van der Waals surface area contributed by atoms with Crippen LogP contribution >= 0.6 is 11.6 Å². The Morgan fingerprint density at radius 3 is 2.65 bits per heavy atom. The van der Waals surface area contributed by atoms with Crippen LogP contribution in [-0.4, -0.2) is 63.1 Å². The van der Waals surface area contributed by atoms with Crippen LogP contribution in [-0.2, 0) is 6.54 Å². The molecule has 31 heavy (non-hydrogen) atoms. The fourth-order valence-corrected chi connectivity index (χ4v) is 4.78. The van der Waals surface area contributed by atoms with E-state index in [2.05, 4.69) is 10.1 Å². The number of aryl methyl sites for hydroxylation is 2. The van der Waals surface area contributed by atoms with Crippen LogP contribution in [0.4, 0.5) is 0 Å². The van der Waals surface area contributed by atoms with Crippen molar-refractivity contribution in [2.75, 3.05) is 26.7 Å². The number of fused-ring (bicyclic) bond motifs is 1. The highest BCUT2D eigenvalue weighted by Crippen LogP contribution is 2.26. The normalized spacial score (nSPS) is 14.9. The summed E-state index contributed by atoms with van der Waals surface area (Å²) in [5, 5.41) is 5.71. The van der Waals surface area contributed by atoms with Gasteiger partial charge >= 0.3 is 0 Å². The molecule has 1 fully saturated rings. The maximum Gasteiger partial charge on any atom is 0.258 e. The van der Waals surface area contributed by atoms with E-state index in [-0.39, 0.29) is 11.8 Å². The highest BCUT2D eigenvalue weighted by molar-refractivity contribution is 6.33. The Balaban J connectivity index is 1.36. The van der Waals surface area contributed by atoms with Gasteiger partial charge in [-0.2, -0.15) is 5.10 Å². The molecule has 4 rings (SSSR count). The van der Waals surface area contributed by atoms with Gasteiger partial charge in [0, 0.05) is 50.3 Å². The summed E-state index contributed by atoms with van der Waals surface area (Å²) in [5.74, 6) is 0.326. The van der Waals surface area contributed by atoms with E-state index in [9.17, 15) is 9.59 Å². The molecule has 0 saturated carbocycles. The summed E-state index contributed by atoms with van der Waals surface area (Å²) in [6, 6.07) is 7.83. The van der Waals surface area contributed by atoms with E-state index in [1.807, 2.05) is 50.1 Å². The average Bonchev–Trinajstić information content (AvgIpc) is 3.33. The van der Waals surface area contributed by atoms with Crippen molar-refractivity contribution in [1.82, 2.24) is 24.6 Å². The van der Waals surface area contributed by atoms with Crippen molar-refractivity contribution in [2.24, 2.45) is 5.92 Å². The number of hydrogen-bond donors (Lipinski definition) is 1. The maximum absolute atomic E-state index is 13.0. The lowest BCUT2D eigenvalue weighted by atomic mass is 9.95. The number of piperidine rings is 1. The fraction of sp³-hybridized carbons (Fsp3) is 0.435. The average molecular weight is 442 g/mol. The van der Waals surface area contributed by atoms with E-state index in [0.717, 1.165) is 23.7 Å². The van der Waals surface area contributed by atoms with Gasteiger partial charge in [0.2, 0.25) is 0 Å². The van der Waals surface area contributed by atoms with Gasteiger partial charge in [-0.3, -0.25) is 14.3 Å². The SMILES string of the molecule is CCn1nc(C)c(C(=O)N2CCC(CN(C)C(=O)c3c[nH]c4ccccc34)CC2)c1Cl. The number of nitrogens with one attached hydrogen (secondary N) is 1. The van der Waals surface area contributed by atoms with Crippen LogP contribution in [0.2, 0.25) is 5.15 Å². The zero-order valence-electron chi connectivity index (χ0n) is 18.2. The number of aromatic amines is 1. The monoisotopic (exact) mass is 441 g/mol. The lowest BCUT2D eigenvalue weighted by Gasteiger charge is -2.34. The third kappa shape index (κ3) is 4.06. The third-order valence-corrected chi connectivity index (χ3v) is 6.56. The fourth-order valence-electron chi connectivity index (χ4n) is 4.41. The molecule has 8 heteroatoms. The number of rotatable bonds is 5. The van der Waals surface area contributed by atoms with E-state index in [0.29, 0.717) is 54.1 Å². The number of carbonyl (C=O) groups is 2. The molecule has 0 bridgehead atoms. The summed E-state index contributed by atoms with van der Waals surface area (Å²) in [5.41, 5.74) is 2.84. The Morgan fingerprint density at radius 2 is 1.97 bits per heavy atom. The van der Waals surface area contributed by atoms with E-state index in [1.54, 1.807) is 15.8 Å². The van der Waals surface area contributed by atoms with Gasteiger partial charge in [0.1, 0.15) is 5.15 Å². The first-order valence-electron chi connectivity index (χ1n) is 10.7. The third-order valence-electron chi connectivity index (χ3n) is 6.18. The molecular weight excluding hydrogens is 414 g/mol. The highest BCUT2D eigenvalue weighted by atomic mass is 35.5. The topological polar surface area (TPSA) is 74.2 Å². The smallest absolute Gasteiger partial charge is 0.258 e. The van der Waals surface area contributed by atoms with Crippen molar-refractivity contribution in [3.05, 3.63) is 52.4 Å². The van der Waals surface area contributed by atoms with Gasteiger partial charge in [-0.15, -0.1) is 0 Å². The van der Waals surface area contributed by atoms with Gasteiger partial charge in [-0.1, -0.05) is 29.8 Å². The van der Waals surface area contributed by atoms with Crippen LogP contribution in [0.3, 0.4) is 0 Å². The van der Waals surface area contributed by atoms with Crippen molar-refractivity contribution >= 4 is 34.3 Å². The summed E-state index contributed by atoms with van der Waals surface area (Å²) in [6.07, 6.45) is 3.50. The summed E-state index contributed by atoms with van der Waals surface area (Å²) in [4.78, 5) is 32.8. The Morgan fingerprint density at radius 1 is 1.26 bits per heavy atom. The first-order chi connectivity index (χ1) is 14.9. The number of para-hydroxylation sites is 1. The van der Waals surface area contributed by atoms with Crippen molar-refractivity contribution in [1.29, 1.82) is 0 Å². The lowest BCUT2D eigenvalue weighted by Crippen LogP contribution is -2.42. The number of likely N-dealkylation sites (tertiary alicyclic amines) is 1. The summed E-state index contributed by atoms with van der Waals surface area (Å²) in [6.45, 7) is 6.40. The van der Waals surface area contributed by atoms with Gasteiger partial charge in [-0.05, 0) is 38.7 Å². The zero-order valence-corrected chi connectivity index (χ0v) is 18.9. The van der Waals surface area contributed by atoms with Crippen LogP contribution in [0.25, 0.3) is 10.9 Å². The molecule has 1 aromatic carbocycles. The second-order valence-electron chi connectivity index (χ2n) is 8.24. The molecule has 3 heterocycles. The van der Waals surface area contributed by atoms with Crippen LogP contribution in [0.5, 0.6) is 0 Å². The minimum absolute atomic E-state index is 0.0188. The molecule has 2 aromatic heterocycles. The van der Waals surface area contributed by atoms with E-state index in [4.69, 9.17) is 11.6 Å². The van der Waals surface area contributed by atoms with Gasteiger partial charge in [0.15, 0.2) is 0 Å². The predicted octanol–water partition coefficient (Wildman–Crippen LogP) is 3.97. The zero-order chi connectivity index (χ0) is 22.1. The number of benzene rings is 1. The van der Waals surface area contributed by atoms with Crippen molar-refractivity contribution in [3.8, 4) is 0 Å². The second-order valence-corrected chi connectivity index (χ2v) is 8.59. The molecule has 0 atom stereocenters. The molecule has 0 aliphatic carbocycles. The number of hydrogen-bond acceptors (Lipinski definition) is 3. The predicted molar refractivity (Wildman–Crippen MR) is 122 cm³/mol. The van der Waals surface area contributed by atoms with E-state index in [1.165, 1.54) is 0 Å². The quantitative estimate of drug-likeness (QED) is 0.651.